The summed E-state index contributed by atoms with van der Waals surface area (Å²) in [5.41, 5.74) is 7.70. The second kappa shape index (κ2) is 9.40. The second-order valence-corrected chi connectivity index (χ2v) is 9.14. The third-order valence-corrected chi connectivity index (χ3v) is 6.82. The van der Waals surface area contributed by atoms with Crippen LogP contribution in [-0.2, 0) is 9.53 Å². The van der Waals surface area contributed by atoms with Crippen molar-refractivity contribution in [3.05, 3.63) is 60.2 Å². The van der Waals surface area contributed by atoms with Crippen molar-refractivity contribution in [2.45, 2.75) is 18.9 Å². The minimum Gasteiger partial charge on any atom is -0.383 e. The third-order valence-electron chi connectivity index (χ3n) is 6.82. The van der Waals surface area contributed by atoms with Crippen LogP contribution in [0.5, 0.6) is 0 Å². The molecule has 190 valence electrons. The maximum atomic E-state index is 14.9. The van der Waals surface area contributed by atoms with Gasteiger partial charge in [-0.2, -0.15) is 4.98 Å². The van der Waals surface area contributed by atoms with Crippen molar-refractivity contribution in [1.29, 1.82) is 0 Å². The number of anilines is 2. The lowest BCUT2D eigenvalue weighted by atomic mass is 10.1. The fourth-order valence-electron chi connectivity index (χ4n) is 4.90. The number of fused-ring (bicyclic) bond motifs is 1. The Morgan fingerprint density at radius 3 is 2.57 bits per heavy atom. The van der Waals surface area contributed by atoms with Crippen LogP contribution in [0.4, 0.5) is 20.5 Å². The Morgan fingerprint density at radius 2 is 1.84 bits per heavy atom. The summed E-state index contributed by atoms with van der Waals surface area (Å²) >= 11 is 0. The summed E-state index contributed by atoms with van der Waals surface area (Å²) in [6, 6.07) is 12.2. The van der Waals surface area contributed by atoms with Crippen LogP contribution in [0.1, 0.15) is 12.8 Å². The van der Waals surface area contributed by atoms with Crippen LogP contribution in [0, 0.1) is 11.6 Å². The van der Waals surface area contributed by atoms with Crippen LogP contribution in [0.3, 0.4) is 0 Å². The third kappa shape index (κ3) is 4.25. The van der Waals surface area contributed by atoms with Gasteiger partial charge < -0.3 is 20.3 Å². The molecule has 11 heteroatoms. The number of amides is 1. The van der Waals surface area contributed by atoms with E-state index in [1.807, 2.05) is 4.90 Å². The lowest BCUT2D eigenvalue weighted by molar-refractivity contribution is -0.141. The summed E-state index contributed by atoms with van der Waals surface area (Å²) < 4.78 is 35.8. The molecule has 6 rings (SSSR count). The van der Waals surface area contributed by atoms with Gasteiger partial charge in [-0.3, -0.25) is 4.79 Å². The average molecular weight is 506 g/mol. The molecule has 1 atom stereocenters. The summed E-state index contributed by atoms with van der Waals surface area (Å²) in [6.07, 6.45) is 1.29. The number of hydrogen-bond acceptors (Lipinski definition) is 7. The molecule has 0 aliphatic carbocycles. The van der Waals surface area contributed by atoms with Gasteiger partial charge in [0.2, 0.25) is 5.95 Å². The van der Waals surface area contributed by atoms with Gasteiger partial charge in [-0.15, -0.1) is 5.10 Å². The van der Waals surface area contributed by atoms with Crippen LogP contribution in [-0.4, -0.2) is 69.4 Å². The van der Waals surface area contributed by atoms with Crippen LogP contribution < -0.4 is 10.6 Å². The van der Waals surface area contributed by atoms with E-state index < -0.39 is 11.6 Å². The highest BCUT2D eigenvalue weighted by molar-refractivity contribution is 5.99. The zero-order chi connectivity index (χ0) is 25.5. The standard InChI is InChI=1S/C26H25F2N7O2/c27-16-5-3-6-17(15-16)35-23(29)21-22(18-7-1-2-8-19(18)28)30-26(31-24(21)32-35)34-12-10-33(11-13-34)25(36)20-9-4-14-37-20/h1-3,5-8,15,20H,4,9-14,29H2/t20-/m1/s1. The van der Waals surface area contributed by atoms with E-state index in [9.17, 15) is 13.6 Å². The first-order valence-electron chi connectivity index (χ1n) is 12.2. The Hall–Kier alpha value is -4.12. The minimum absolute atomic E-state index is 0.0159. The van der Waals surface area contributed by atoms with Crippen LogP contribution in [0.15, 0.2) is 48.5 Å². The molecule has 0 radical (unpaired) electrons. The van der Waals surface area contributed by atoms with Crippen LogP contribution >= 0.6 is 0 Å². The van der Waals surface area contributed by atoms with E-state index in [2.05, 4.69) is 10.1 Å². The van der Waals surface area contributed by atoms with Crippen molar-refractivity contribution in [1.82, 2.24) is 24.6 Å². The maximum absolute atomic E-state index is 14.9. The number of ether oxygens (including phenoxy) is 1. The van der Waals surface area contributed by atoms with Crippen LogP contribution in [0.2, 0.25) is 0 Å². The van der Waals surface area contributed by atoms with Gasteiger partial charge in [0.25, 0.3) is 5.91 Å². The zero-order valence-corrected chi connectivity index (χ0v) is 20.0. The number of nitrogens with zero attached hydrogens (tertiary/aromatic N) is 6. The number of hydrogen-bond donors (Lipinski definition) is 1. The Labute approximate surface area is 211 Å². The van der Waals surface area contributed by atoms with E-state index in [1.54, 1.807) is 35.2 Å². The predicted molar refractivity (Wildman–Crippen MR) is 134 cm³/mol. The van der Waals surface area contributed by atoms with Gasteiger partial charge in [0, 0.05) is 38.3 Å². The highest BCUT2D eigenvalue weighted by Crippen LogP contribution is 2.35. The molecule has 2 aliphatic heterocycles. The molecule has 2 saturated heterocycles. The molecule has 2 aromatic carbocycles. The second-order valence-electron chi connectivity index (χ2n) is 9.14. The summed E-state index contributed by atoms with van der Waals surface area (Å²) in [5, 5.41) is 4.91. The van der Waals surface area contributed by atoms with Gasteiger partial charge in [0.1, 0.15) is 23.6 Å². The van der Waals surface area contributed by atoms with Gasteiger partial charge in [0.05, 0.1) is 16.8 Å². The molecule has 2 aromatic heterocycles. The van der Waals surface area contributed by atoms with E-state index in [0.717, 1.165) is 12.8 Å². The van der Waals surface area contributed by atoms with E-state index in [1.165, 1.54) is 22.9 Å². The van der Waals surface area contributed by atoms with E-state index in [4.69, 9.17) is 15.5 Å². The number of piperazine rings is 1. The molecule has 37 heavy (non-hydrogen) atoms. The van der Waals surface area contributed by atoms with E-state index in [-0.39, 0.29) is 29.0 Å². The number of nitrogens with two attached hydrogens (primary N) is 1. The lowest BCUT2D eigenvalue weighted by Gasteiger charge is -2.35. The molecule has 2 aliphatic rings. The van der Waals surface area contributed by atoms with E-state index >= 15 is 0 Å². The smallest absolute Gasteiger partial charge is 0.251 e. The Kier molecular flexibility index (Phi) is 5.91. The molecule has 4 aromatic rings. The lowest BCUT2D eigenvalue weighted by Crippen LogP contribution is -2.51. The summed E-state index contributed by atoms with van der Waals surface area (Å²) in [7, 11) is 0. The normalized spacial score (nSPS) is 18.1. The highest BCUT2D eigenvalue weighted by atomic mass is 19.1. The maximum Gasteiger partial charge on any atom is 0.251 e. The van der Waals surface area contributed by atoms with Crippen molar-refractivity contribution in [2.24, 2.45) is 0 Å². The Bertz CT molecular complexity index is 1480. The first-order valence-corrected chi connectivity index (χ1v) is 12.2. The number of carbonyl (C=O) groups excluding carboxylic acids is 1. The number of benzene rings is 2. The molecule has 0 unspecified atom stereocenters. The SMILES string of the molecule is Nc1c2c(-c3ccccc3F)nc(N3CCN(C(=O)[C@H]4CCCO4)CC3)nc2nn1-c1cccc(F)c1. The van der Waals surface area contributed by atoms with Gasteiger partial charge in [-0.05, 0) is 43.2 Å². The average Bonchev–Trinajstić information content (AvgIpc) is 3.57. The zero-order valence-electron chi connectivity index (χ0n) is 20.0. The van der Waals surface area contributed by atoms with Crippen molar-refractivity contribution in [3.63, 3.8) is 0 Å². The summed E-state index contributed by atoms with van der Waals surface area (Å²) in [6.45, 7) is 2.61. The number of nitrogen functional groups attached to an aromatic ring is 1. The quantitative estimate of drug-likeness (QED) is 0.455. The van der Waals surface area contributed by atoms with Crippen molar-refractivity contribution < 1.29 is 18.3 Å². The van der Waals surface area contributed by atoms with Crippen molar-refractivity contribution in [3.8, 4) is 16.9 Å². The predicted octanol–water partition coefficient (Wildman–Crippen LogP) is 3.17. The van der Waals surface area contributed by atoms with Crippen molar-refractivity contribution >= 4 is 28.7 Å². The van der Waals surface area contributed by atoms with Gasteiger partial charge in [-0.1, -0.05) is 18.2 Å². The summed E-state index contributed by atoms with van der Waals surface area (Å²) in [5.74, 6) is -0.343. The molecule has 0 bridgehead atoms. The topological polar surface area (TPSA) is 102 Å². The van der Waals surface area contributed by atoms with Crippen LogP contribution in [0.25, 0.3) is 28.0 Å². The molecule has 0 saturated carbocycles. The molecule has 4 heterocycles. The van der Waals surface area contributed by atoms with E-state index in [0.29, 0.717) is 55.5 Å². The molecule has 2 fully saturated rings. The minimum atomic E-state index is -0.460. The number of carbonyl (C=O) groups is 1. The fourth-order valence-corrected chi connectivity index (χ4v) is 4.90. The Morgan fingerprint density at radius 1 is 1.03 bits per heavy atom. The number of rotatable bonds is 4. The van der Waals surface area contributed by atoms with Gasteiger partial charge in [0.15, 0.2) is 5.65 Å². The number of halogens is 2. The molecule has 9 nitrogen and oxygen atoms in total. The molecule has 1 amide bonds. The molecular formula is C26H25F2N7O2. The monoisotopic (exact) mass is 505 g/mol. The molecule has 2 N–H and O–H groups in total. The molecule has 0 spiro atoms. The molecular weight excluding hydrogens is 480 g/mol. The number of aromatic nitrogens is 4. The fraction of sp³-hybridized carbons (Fsp3) is 0.308. The Balaban J connectivity index is 1.39. The van der Waals surface area contributed by atoms with Gasteiger partial charge >= 0.3 is 0 Å². The van der Waals surface area contributed by atoms with Crippen molar-refractivity contribution in [2.75, 3.05) is 43.4 Å². The van der Waals surface area contributed by atoms with Gasteiger partial charge in [-0.25, -0.2) is 18.4 Å². The first kappa shape index (κ1) is 23.3. The summed E-state index contributed by atoms with van der Waals surface area (Å²) in [4.78, 5) is 25.9. The largest absolute Gasteiger partial charge is 0.383 e. The first-order chi connectivity index (χ1) is 18.0. The highest BCUT2D eigenvalue weighted by Gasteiger charge is 2.31.